The number of anilines is 2. The summed E-state index contributed by atoms with van der Waals surface area (Å²) in [5.41, 5.74) is 3.35. The molecule has 4 heteroatoms. The molecule has 29 heavy (non-hydrogen) atoms. The smallest absolute Gasteiger partial charge is 0.127 e. The highest BCUT2D eigenvalue weighted by Gasteiger charge is 2.40. The second kappa shape index (κ2) is 10.2. The fourth-order valence-electron chi connectivity index (χ4n) is 4.31. The first kappa shape index (κ1) is 21.7. The Morgan fingerprint density at radius 3 is 2.59 bits per heavy atom. The molecule has 2 aliphatic rings. The van der Waals surface area contributed by atoms with E-state index in [0.717, 1.165) is 40.9 Å². The number of benzene rings is 2. The second-order valence-corrected chi connectivity index (χ2v) is 8.50. The molecule has 2 unspecified atom stereocenters. The van der Waals surface area contributed by atoms with E-state index in [1.165, 1.54) is 31.4 Å². The molecule has 0 saturated heterocycles. The monoisotopic (exact) mass is 411 g/mol. The molecule has 156 valence electrons. The quantitative estimate of drug-likeness (QED) is 0.535. The SMILES string of the molecule is CC.CC1CCCCC2(CC1)Nc1ccccc1NC2=NCc1cccc(Cl)c1. The van der Waals surface area contributed by atoms with Gasteiger partial charge in [-0.25, -0.2) is 0 Å². The molecule has 1 saturated carbocycles. The molecule has 1 spiro atoms. The Hall–Kier alpha value is -2.00. The number of amidine groups is 1. The number of hydrogen-bond acceptors (Lipinski definition) is 2. The lowest BCUT2D eigenvalue weighted by atomic mass is 9.78. The van der Waals surface area contributed by atoms with Crippen molar-refractivity contribution in [3.63, 3.8) is 0 Å². The lowest BCUT2D eigenvalue weighted by molar-refractivity contribution is 0.354. The van der Waals surface area contributed by atoms with Crippen LogP contribution >= 0.6 is 11.6 Å². The van der Waals surface area contributed by atoms with Gasteiger partial charge in [0.05, 0.1) is 23.5 Å². The van der Waals surface area contributed by atoms with Gasteiger partial charge in [0.15, 0.2) is 0 Å². The van der Waals surface area contributed by atoms with Crippen molar-refractivity contribution in [3.05, 3.63) is 59.1 Å². The summed E-state index contributed by atoms with van der Waals surface area (Å²) in [6, 6.07) is 16.5. The Morgan fingerprint density at radius 2 is 1.79 bits per heavy atom. The zero-order chi connectivity index (χ0) is 20.7. The number of rotatable bonds is 2. The average molecular weight is 412 g/mol. The standard InChI is InChI=1S/C23H28ClN3.C2H6/c1-17-7-4-5-13-23(14-12-17)22(25-16-18-8-6-9-19(24)15-18)26-20-10-2-3-11-21(20)27-23;1-2/h2-3,6,8-11,15,17,27H,4-5,7,12-14,16H2,1H3,(H,25,26);1-2H3. The van der Waals surface area contributed by atoms with Gasteiger partial charge in [0.1, 0.15) is 5.84 Å². The molecule has 0 aromatic heterocycles. The first-order valence-electron chi connectivity index (χ1n) is 11.1. The molecule has 1 heterocycles. The molecule has 1 aliphatic heterocycles. The summed E-state index contributed by atoms with van der Waals surface area (Å²) in [6.45, 7) is 7.02. The summed E-state index contributed by atoms with van der Waals surface area (Å²) in [5.74, 6) is 1.85. The van der Waals surface area contributed by atoms with E-state index in [9.17, 15) is 0 Å². The third-order valence-corrected chi connectivity index (χ3v) is 6.17. The van der Waals surface area contributed by atoms with E-state index in [1.54, 1.807) is 0 Å². The van der Waals surface area contributed by atoms with Gasteiger partial charge in [0.2, 0.25) is 0 Å². The molecule has 2 atom stereocenters. The van der Waals surface area contributed by atoms with E-state index in [4.69, 9.17) is 16.6 Å². The van der Waals surface area contributed by atoms with Crippen LogP contribution in [-0.4, -0.2) is 11.4 Å². The van der Waals surface area contributed by atoms with Crippen molar-refractivity contribution >= 4 is 28.8 Å². The van der Waals surface area contributed by atoms with Crippen LogP contribution in [0.3, 0.4) is 0 Å². The number of aliphatic imine (C=N–C) groups is 1. The van der Waals surface area contributed by atoms with Crippen LogP contribution in [-0.2, 0) is 6.54 Å². The largest absolute Gasteiger partial charge is 0.371 e. The van der Waals surface area contributed by atoms with Crippen LogP contribution in [0.15, 0.2) is 53.5 Å². The van der Waals surface area contributed by atoms with Crippen molar-refractivity contribution < 1.29 is 0 Å². The van der Waals surface area contributed by atoms with Gasteiger partial charge in [0.25, 0.3) is 0 Å². The molecular formula is C25H34ClN3. The van der Waals surface area contributed by atoms with Crippen LogP contribution in [0.5, 0.6) is 0 Å². The first-order valence-corrected chi connectivity index (χ1v) is 11.5. The van der Waals surface area contributed by atoms with Crippen molar-refractivity contribution in [2.45, 2.75) is 71.4 Å². The van der Waals surface area contributed by atoms with Crippen molar-refractivity contribution in [1.29, 1.82) is 0 Å². The normalized spacial score (nSPS) is 25.0. The average Bonchev–Trinajstić information content (AvgIpc) is 2.74. The fraction of sp³-hybridized carbons (Fsp3) is 0.480. The predicted molar refractivity (Wildman–Crippen MR) is 127 cm³/mol. The van der Waals surface area contributed by atoms with Gasteiger partial charge in [0, 0.05) is 5.02 Å². The van der Waals surface area contributed by atoms with Crippen LogP contribution < -0.4 is 10.6 Å². The third-order valence-electron chi connectivity index (χ3n) is 5.93. The number of halogens is 1. The van der Waals surface area contributed by atoms with Crippen molar-refractivity contribution in [2.24, 2.45) is 10.9 Å². The van der Waals surface area contributed by atoms with E-state index >= 15 is 0 Å². The maximum atomic E-state index is 6.15. The van der Waals surface area contributed by atoms with Crippen LogP contribution in [0.25, 0.3) is 0 Å². The molecule has 3 nitrogen and oxygen atoms in total. The topological polar surface area (TPSA) is 36.4 Å². The Morgan fingerprint density at radius 1 is 1.00 bits per heavy atom. The molecule has 0 amide bonds. The second-order valence-electron chi connectivity index (χ2n) is 8.06. The highest BCUT2D eigenvalue weighted by molar-refractivity contribution is 6.30. The van der Waals surface area contributed by atoms with Gasteiger partial charge in [-0.15, -0.1) is 0 Å². The summed E-state index contributed by atoms with van der Waals surface area (Å²) in [5, 5.41) is 8.30. The third kappa shape index (κ3) is 5.33. The summed E-state index contributed by atoms with van der Waals surface area (Å²) in [7, 11) is 0. The first-order chi connectivity index (χ1) is 14.1. The Bertz CT molecular complexity index is 832. The number of hydrogen-bond donors (Lipinski definition) is 2. The molecule has 0 radical (unpaired) electrons. The predicted octanol–water partition coefficient (Wildman–Crippen LogP) is 7.53. The number of nitrogens with one attached hydrogen (secondary N) is 2. The van der Waals surface area contributed by atoms with E-state index in [1.807, 2.05) is 32.0 Å². The van der Waals surface area contributed by atoms with Gasteiger partial charge in [-0.2, -0.15) is 0 Å². The fourth-order valence-corrected chi connectivity index (χ4v) is 4.52. The molecule has 2 N–H and O–H groups in total. The zero-order valence-electron chi connectivity index (χ0n) is 18.0. The minimum absolute atomic E-state index is 0.0956. The van der Waals surface area contributed by atoms with Gasteiger partial charge in [-0.1, -0.05) is 75.9 Å². The maximum Gasteiger partial charge on any atom is 0.127 e. The molecule has 2 aromatic rings. The van der Waals surface area contributed by atoms with Crippen molar-refractivity contribution in [3.8, 4) is 0 Å². The van der Waals surface area contributed by atoms with Crippen LogP contribution in [0.4, 0.5) is 11.4 Å². The van der Waals surface area contributed by atoms with Gasteiger partial charge < -0.3 is 10.6 Å². The number of para-hydroxylation sites is 2. The summed E-state index contributed by atoms with van der Waals surface area (Å²) >= 11 is 6.15. The molecule has 1 aliphatic carbocycles. The van der Waals surface area contributed by atoms with E-state index < -0.39 is 0 Å². The van der Waals surface area contributed by atoms with Crippen LogP contribution in [0, 0.1) is 5.92 Å². The Labute approximate surface area is 181 Å². The number of fused-ring (bicyclic) bond motifs is 1. The van der Waals surface area contributed by atoms with Crippen LogP contribution in [0.1, 0.15) is 64.9 Å². The molecule has 4 rings (SSSR count). The van der Waals surface area contributed by atoms with Crippen LogP contribution in [0.2, 0.25) is 5.02 Å². The van der Waals surface area contributed by atoms with Gasteiger partial charge in [-0.05, 0) is 55.0 Å². The lowest BCUT2D eigenvalue weighted by Gasteiger charge is -2.43. The summed E-state index contributed by atoms with van der Waals surface area (Å²) in [6.07, 6.45) is 7.34. The Balaban J connectivity index is 0.00000117. The van der Waals surface area contributed by atoms with Crippen molar-refractivity contribution in [1.82, 2.24) is 0 Å². The van der Waals surface area contributed by atoms with E-state index in [2.05, 4.69) is 47.9 Å². The summed E-state index contributed by atoms with van der Waals surface area (Å²) in [4.78, 5) is 5.05. The maximum absolute atomic E-state index is 6.15. The van der Waals surface area contributed by atoms with E-state index in [0.29, 0.717) is 6.54 Å². The zero-order valence-corrected chi connectivity index (χ0v) is 18.7. The highest BCUT2D eigenvalue weighted by Crippen LogP contribution is 2.39. The lowest BCUT2D eigenvalue weighted by Crippen LogP contribution is -2.53. The van der Waals surface area contributed by atoms with E-state index in [-0.39, 0.29) is 5.54 Å². The summed E-state index contributed by atoms with van der Waals surface area (Å²) < 4.78 is 0. The molecule has 0 bridgehead atoms. The number of nitrogens with zero attached hydrogens (tertiary/aromatic N) is 1. The van der Waals surface area contributed by atoms with Gasteiger partial charge in [-0.3, -0.25) is 4.99 Å². The molecular weight excluding hydrogens is 378 g/mol. The van der Waals surface area contributed by atoms with Gasteiger partial charge >= 0.3 is 0 Å². The Kier molecular flexibility index (Phi) is 7.60. The minimum atomic E-state index is -0.0956. The molecule has 1 fully saturated rings. The minimum Gasteiger partial charge on any atom is -0.371 e. The highest BCUT2D eigenvalue weighted by atomic mass is 35.5. The molecule has 2 aromatic carbocycles. The van der Waals surface area contributed by atoms with Crippen molar-refractivity contribution in [2.75, 3.05) is 10.6 Å².